The van der Waals surface area contributed by atoms with Crippen molar-refractivity contribution < 1.29 is 9.59 Å². The Kier molecular flexibility index (Phi) is 6.43. The van der Waals surface area contributed by atoms with Gasteiger partial charge in [0.25, 0.3) is 5.91 Å². The van der Waals surface area contributed by atoms with Crippen LogP contribution in [0.25, 0.3) is 0 Å². The van der Waals surface area contributed by atoms with E-state index in [2.05, 4.69) is 20.2 Å². The quantitative estimate of drug-likeness (QED) is 0.807. The summed E-state index contributed by atoms with van der Waals surface area (Å²) in [5.41, 5.74) is 2.37. The predicted octanol–water partition coefficient (Wildman–Crippen LogP) is 3.02. The third-order valence-corrected chi connectivity index (χ3v) is 4.57. The smallest absolute Gasteiger partial charge is 0.265 e. The van der Waals surface area contributed by atoms with Crippen LogP contribution < -0.4 is 10.6 Å². The first-order valence-electron chi connectivity index (χ1n) is 8.04. The molecule has 0 saturated carbocycles. The van der Waals surface area contributed by atoms with Gasteiger partial charge >= 0.3 is 0 Å². The highest BCUT2D eigenvalue weighted by Crippen LogP contribution is 2.14. The summed E-state index contributed by atoms with van der Waals surface area (Å²) in [6, 6.07) is 7.48. The van der Waals surface area contributed by atoms with Gasteiger partial charge in [0.05, 0.1) is 5.69 Å². The molecule has 1 aromatic carbocycles. The lowest BCUT2D eigenvalue weighted by atomic mass is 10.1. The predicted molar refractivity (Wildman–Crippen MR) is 95.0 cm³/mol. The second-order valence-corrected chi connectivity index (χ2v) is 6.34. The standard InChI is InChI=1S/C17H22N4O2S/c1-4-11(3)16(22)19-13-8-6-7-12(9-13)10-18-17(23)15-14(5-2)20-21-24-15/h6-9,11H,4-5,10H2,1-3H3,(H,18,23)(H,19,22)/t11-/m1/s1. The van der Waals surface area contributed by atoms with Gasteiger partial charge in [0.15, 0.2) is 0 Å². The zero-order valence-corrected chi connectivity index (χ0v) is 14.9. The van der Waals surface area contributed by atoms with Gasteiger partial charge in [-0.1, -0.05) is 37.4 Å². The lowest BCUT2D eigenvalue weighted by Gasteiger charge is -2.11. The SMILES string of the molecule is CCc1nnsc1C(=O)NCc1cccc(NC(=O)[C@H](C)CC)c1. The highest BCUT2D eigenvalue weighted by Gasteiger charge is 2.15. The molecule has 0 radical (unpaired) electrons. The Morgan fingerprint density at radius 2 is 2.08 bits per heavy atom. The summed E-state index contributed by atoms with van der Waals surface area (Å²) in [4.78, 5) is 24.7. The monoisotopic (exact) mass is 346 g/mol. The van der Waals surface area contributed by atoms with Crippen LogP contribution in [0.15, 0.2) is 24.3 Å². The number of nitrogens with one attached hydrogen (secondary N) is 2. The van der Waals surface area contributed by atoms with E-state index < -0.39 is 0 Å². The summed E-state index contributed by atoms with van der Waals surface area (Å²) in [5, 5.41) is 9.71. The van der Waals surface area contributed by atoms with E-state index in [-0.39, 0.29) is 17.7 Å². The second kappa shape index (κ2) is 8.54. The lowest BCUT2D eigenvalue weighted by Crippen LogP contribution is -2.23. The molecule has 2 N–H and O–H groups in total. The van der Waals surface area contributed by atoms with Gasteiger partial charge in [-0.2, -0.15) is 0 Å². The number of rotatable bonds is 7. The van der Waals surface area contributed by atoms with Gasteiger partial charge in [0.2, 0.25) is 5.91 Å². The van der Waals surface area contributed by atoms with Crippen molar-refractivity contribution in [3.63, 3.8) is 0 Å². The number of aryl methyl sites for hydroxylation is 1. The van der Waals surface area contributed by atoms with Gasteiger partial charge in [0, 0.05) is 18.2 Å². The molecule has 24 heavy (non-hydrogen) atoms. The lowest BCUT2D eigenvalue weighted by molar-refractivity contribution is -0.119. The number of carbonyl (C=O) groups is 2. The number of hydrogen-bond donors (Lipinski definition) is 2. The molecule has 128 valence electrons. The molecule has 2 aromatic rings. The zero-order chi connectivity index (χ0) is 17.5. The molecule has 0 spiro atoms. The van der Waals surface area contributed by atoms with Crippen molar-refractivity contribution in [1.82, 2.24) is 14.9 Å². The average Bonchev–Trinajstić information content (AvgIpc) is 3.08. The van der Waals surface area contributed by atoms with Crippen LogP contribution in [0.1, 0.15) is 48.1 Å². The van der Waals surface area contributed by atoms with Gasteiger partial charge in [0.1, 0.15) is 4.88 Å². The van der Waals surface area contributed by atoms with Gasteiger partial charge in [-0.15, -0.1) is 5.10 Å². The van der Waals surface area contributed by atoms with Crippen LogP contribution in [0.3, 0.4) is 0 Å². The highest BCUT2D eigenvalue weighted by molar-refractivity contribution is 7.08. The molecule has 1 heterocycles. The van der Waals surface area contributed by atoms with Crippen molar-refractivity contribution in [3.8, 4) is 0 Å². The van der Waals surface area contributed by atoms with E-state index in [1.165, 1.54) is 0 Å². The molecule has 1 aromatic heterocycles. The number of anilines is 1. The molecule has 1 atom stereocenters. The van der Waals surface area contributed by atoms with Crippen molar-refractivity contribution in [2.45, 2.75) is 40.2 Å². The Morgan fingerprint density at radius 3 is 2.79 bits per heavy atom. The first kappa shape index (κ1) is 18.1. The van der Waals surface area contributed by atoms with Crippen LogP contribution in [0, 0.1) is 5.92 Å². The van der Waals surface area contributed by atoms with E-state index in [4.69, 9.17) is 0 Å². The largest absolute Gasteiger partial charge is 0.347 e. The van der Waals surface area contributed by atoms with Crippen LogP contribution in [-0.4, -0.2) is 21.4 Å². The molecule has 0 aliphatic heterocycles. The molecule has 0 fully saturated rings. The zero-order valence-electron chi connectivity index (χ0n) is 14.1. The molecule has 0 unspecified atom stereocenters. The van der Waals surface area contributed by atoms with E-state index in [9.17, 15) is 9.59 Å². The van der Waals surface area contributed by atoms with Crippen LogP contribution in [0.5, 0.6) is 0 Å². The fourth-order valence-corrected chi connectivity index (χ4v) is 2.75. The molecular formula is C17H22N4O2S. The van der Waals surface area contributed by atoms with E-state index >= 15 is 0 Å². The van der Waals surface area contributed by atoms with Gasteiger partial charge in [-0.3, -0.25) is 9.59 Å². The highest BCUT2D eigenvalue weighted by atomic mass is 32.1. The third-order valence-electron chi connectivity index (χ3n) is 3.80. The maximum absolute atomic E-state index is 12.2. The molecule has 0 aliphatic carbocycles. The minimum Gasteiger partial charge on any atom is -0.347 e. The molecule has 6 nitrogen and oxygen atoms in total. The number of nitrogens with zero attached hydrogens (tertiary/aromatic N) is 2. The number of aromatic nitrogens is 2. The van der Waals surface area contributed by atoms with Gasteiger partial charge in [-0.05, 0) is 42.1 Å². The first-order chi connectivity index (χ1) is 11.5. The fraction of sp³-hybridized carbons (Fsp3) is 0.412. The minimum atomic E-state index is -0.170. The molecule has 2 rings (SSSR count). The molecule has 7 heteroatoms. The average molecular weight is 346 g/mol. The third kappa shape index (κ3) is 4.61. The molecular weight excluding hydrogens is 324 g/mol. The van der Waals surface area contributed by atoms with Crippen molar-refractivity contribution in [3.05, 3.63) is 40.4 Å². The summed E-state index contributed by atoms with van der Waals surface area (Å²) < 4.78 is 3.82. The summed E-state index contributed by atoms with van der Waals surface area (Å²) >= 11 is 1.10. The van der Waals surface area contributed by atoms with Crippen LogP contribution >= 0.6 is 11.5 Å². The Hall–Kier alpha value is -2.28. The van der Waals surface area contributed by atoms with E-state index in [0.29, 0.717) is 23.5 Å². The number of carbonyl (C=O) groups excluding carboxylic acids is 2. The summed E-state index contributed by atoms with van der Waals surface area (Å²) in [5.74, 6) is -0.197. The minimum absolute atomic E-state index is 0.00186. The Labute approximate surface area is 145 Å². The van der Waals surface area contributed by atoms with Crippen LogP contribution in [-0.2, 0) is 17.8 Å². The number of hydrogen-bond acceptors (Lipinski definition) is 5. The van der Waals surface area contributed by atoms with E-state index in [1.807, 2.05) is 45.0 Å². The molecule has 0 aliphatic rings. The Morgan fingerprint density at radius 1 is 1.29 bits per heavy atom. The van der Waals surface area contributed by atoms with Crippen molar-refractivity contribution in [1.29, 1.82) is 0 Å². The Balaban J connectivity index is 1.97. The van der Waals surface area contributed by atoms with Crippen molar-refractivity contribution in [2.24, 2.45) is 5.92 Å². The Bertz CT molecular complexity index is 714. The number of amides is 2. The number of benzene rings is 1. The van der Waals surface area contributed by atoms with Crippen molar-refractivity contribution >= 4 is 29.0 Å². The maximum atomic E-state index is 12.2. The molecule has 0 saturated heterocycles. The maximum Gasteiger partial charge on any atom is 0.265 e. The summed E-state index contributed by atoms with van der Waals surface area (Å²) in [7, 11) is 0. The van der Waals surface area contributed by atoms with E-state index in [0.717, 1.165) is 29.2 Å². The van der Waals surface area contributed by atoms with Crippen molar-refractivity contribution in [2.75, 3.05) is 5.32 Å². The van der Waals surface area contributed by atoms with Gasteiger partial charge in [-0.25, -0.2) is 0 Å². The normalized spacial score (nSPS) is 11.8. The molecule has 2 amide bonds. The fourth-order valence-electron chi connectivity index (χ4n) is 2.08. The summed E-state index contributed by atoms with van der Waals surface area (Å²) in [6.45, 7) is 6.20. The van der Waals surface area contributed by atoms with E-state index in [1.54, 1.807) is 0 Å². The van der Waals surface area contributed by atoms with Crippen LogP contribution in [0.4, 0.5) is 5.69 Å². The molecule has 0 bridgehead atoms. The second-order valence-electron chi connectivity index (χ2n) is 5.58. The first-order valence-corrected chi connectivity index (χ1v) is 8.81. The summed E-state index contributed by atoms with van der Waals surface area (Å²) in [6.07, 6.45) is 1.47. The van der Waals surface area contributed by atoms with Gasteiger partial charge < -0.3 is 10.6 Å². The topological polar surface area (TPSA) is 84.0 Å². The van der Waals surface area contributed by atoms with Crippen LogP contribution in [0.2, 0.25) is 0 Å².